The Hall–Kier alpha value is -1.10. The van der Waals surface area contributed by atoms with E-state index in [1.165, 1.54) is 0 Å². The van der Waals surface area contributed by atoms with Crippen molar-refractivity contribution in [2.45, 2.75) is 32.2 Å². The van der Waals surface area contributed by atoms with E-state index < -0.39 is 0 Å². The molecule has 2 rings (SSSR count). The zero-order valence-electron chi connectivity index (χ0n) is 10.4. The Bertz CT molecular complexity index is 300. The van der Waals surface area contributed by atoms with Crippen LogP contribution in [-0.2, 0) is 9.59 Å². The summed E-state index contributed by atoms with van der Waals surface area (Å²) >= 11 is 0. The highest BCUT2D eigenvalue weighted by molar-refractivity contribution is 5.89. The molecule has 2 saturated heterocycles. The van der Waals surface area contributed by atoms with Gasteiger partial charge in [0.25, 0.3) is 0 Å². The van der Waals surface area contributed by atoms with E-state index in [1.807, 2.05) is 16.7 Å². The minimum atomic E-state index is -0.309. The first-order valence-corrected chi connectivity index (χ1v) is 6.52. The van der Waals surface area contributed by atoms with Gasteiger partial charge in [-0.1, -0.05) is 0 Å². The number of nitrogens with zero attached hydrogens (tertiary/aromatic N) is 2. The van der Waals surface area contributed by atoms with Gasteiger partial charge in [-0.15, -0.1) is 0 Å². The van der Waals surface area contributed by atoms with E-state index in [0.29, 0.717) is 6.42 Å². The Morgan fingerprint density at radius 3 is 2.71 bits per heavy atom. The Morgan fingerprint density at radius 1 is 1.35 bits per heavy atom. The number of hydrogen-bond acceptors (Lipinski definition) is 3. The van der Waals surface area contributed by atoms with Crippen molar-refractivity contribution < 1.29 is 9.59 Å². The molecule has 0 bridgehead atoms. The second-order valence-electron chi connectivity index (χ2n) is 4.72. The van der Waals surface area contributed by atoms with Gasteiger partial charge < -0.3 is 15.1 Å². The molecule has 2 amide bonds. The summed E-state index contributed by atoms with van der Waals surface area (Å²) in [6, 6.07) is -0.309. The maximum atomic E-state index is 12.0. The first-order chi connectivity index (χ1) is 8.22. The van der Waals surface area contributed by atoms with Crippen LogP contribution in [0.5, 0.6) is 0 Å². The van der Waals surface area contributed by atoms with Crippen LogP contribution in [0.1, 0.15) is 26.2 Å². The Balaban J connectivity index is 1.88. The van der Waals surface area contributed by atoms with Crippen LogP contribution in [0.4, 0.5) is 0 Å². The lowest BCUT2D eigenvalue weighted by molar-refractivity contribution is -0.140. The molecule has 5 heteroatoms. The van der Waals surface area contributed by atoms with Crippen LogP contribution in [0.15, 0.2) is 0 Å². The van der Waals surface area contributed by atoms with Crippen LogP contribution in [0, 0.1) is 0 Å². The highest BCUT2D eigenvalue weighted by Crippen LogP contribution is 2.12. The smallest absolute Gasteiger partial charge is 0.240 e. The van der Waals surface area contributed by atoms with E-state index in [2.05, 4.69) is 5.32 Å². The predicted molar refractivity (Wildman–Crippen MR) is 64.5 cm³/mol. The highest BCUT2D eigenvalue weighted by atomic mass is 16.2. The van der Waals surface area contributed by atoms with E-state index in [4.69, 9.17) is 0 Å². The number of nitrogens with one attached hydrogen (secondary N) is 1. The fourth-order valence-electron chi connectivity index (χ4n) is 2.54. The third-order valence-corrected chi connectivity index (χ3v) is 3.60. The van der Waals surface area contributed by atoms with Crippen molar-refractivity contribution in [1.29, 1.82) is 0 Å². The fourth-order valence-corrected chi connectivity index (χ4v) is 2.54. The second kappa shape index (κ2) is 5.49. The van der Waals surface area contributed by atoms with E-state index in [-0.39, 0.29) is 17.9 Å². The molecule has 2 aliphatic heterocycles. The number of carbonyl (C=O) groups is 2. The van der Waals surface area contributed by atoms with Crippen molar-refractivity contribution in [2.24, 2.45) is 0 Å². The van der Waals surface area contributed by atoms with Crippen molar-refractivity contribution in [1.82, 2.24) is 15.1 Å². The van der Waals surface area contributed by atoms with Crippen molar-refractivity contribution in [3.05, 3.63) is 0 Å². The lowest BCUT2D eigenvalue weighted by Gasteiger charge is -2.32. The fraction of sp³-hybridized carbons (Fsp3) is 0.833. The van der Waals surface area contributed by atoms with Gasteiger partial charge in [-0.05, 0) is 19.8 Å². The number of hydrogen-bond donors (Lipinski definition) is 1. The minimum Gasteiger partial charge on any atom is -0.343 e. The average Bonchev–Trinajstić information content (AvgIpc) is 2.85. The van der Waals surface area contributed by atoms with Crippen molar-refractivity contribution in [3.63, 3.8) is 0 Å². The molecule has 1 N–H and O–H groups in total. The van der Waals surface area contributed by atoms with Gasteiger partial charge >= 0.3 is 0 Å². The molecule has 0 aromatic heterocycles. The standard InChI is InChI=1S/C12H21N3O2/c1-2-14-8-5-13-10(12(14)17)9-11(16)15-6-3-4-7-15/h10,13H,2-9H2,1H3. The highest BCUT2D eigenvalue weighted by Gasteiger charge is 2.31. The monoisotopic (exact) mass is 239 g/mol. The molecule has 0 spiro atoms. The molecule has 0 aromatic carbocycles. The zero-order valence-corrected chi connectivity index (χ0v) is 10.4. The summed E-state index contributed by atoms with van der Waals surface area (Å²) in [5.41, 5.74) is 0. The Labute approximate surface area is 102 Å². The summed E-state index contributed by atoms with van der Waals surface area (Å²) in [6.45, 7) is 5.97. The van der Waals surface area contributed by atoms with Gasteiger partial charge in [-0.25, -0.2) is 0 Å². The van der Waals surface area contributed by atoms with Gasteiger partial charge in [0.05, 0.1) is 12.5 Å². The van der Waals surface area contributed by atoms with Crippen LogP contribution < -0.4 is 5.32 Å². The van der Waals surface area contributed by atoms with Gasteiger partial charge in [-0.3, -0.25) is 9.59 Å². The van der Waals surface area contributed by atoms with Crippen molar-refractivity contribution in [2.75, 3.05) is 32.7 Å². The first kappa shape index (κ1) is 12.4. The van der Waals surface area contributed by atoms with Gasteiger partial charge in [0, 0.05) is 32.7 Å². The Kier molecular flexibility index (Phi) is 3.99. The van der Waals surface area contributed by atoms with Gasteiger partial charge in [0.1, 0.15) is 0 Å². The van der Waals surface area contributed by atoms with Gasteiger partial charge in [0.15, 0.2) is 0 Å². The van der Waals surface area contributed by atoms with Crippen LogP contribution in [0.25, 0.3) is 0 Å². The number of carbonyl (C=O) groups excluding carboxylic acids is 2. The summed E-state index contributed by atoms with van der Waals surface area (Å²) in [6.07, 6.45) is 2.51. The maximum absolute atomic E-state index is 12.0. The van der Waals surface area contributed by atoms with Gasteiger partial charge in [-0.2, -0.15) is 0 Å². The van der Waals surface area contributed by atoms with Crippen molar-refractivity contribution in [3.8, 4) is 0 Å². The van der Waals surface area contributed by atoms with Crippen LogP contribution >= 0.6 is 0 Å². The summed E-state index contributed by atoms with van der Waals surface area (Å²) in [5, 5.41) is 3.15. The summed E-state index contributed by atoms with van der Waals surface area (Å²) in [7, 11) is 0. The molecule has 0 aromatic rings. The lowest BCUT2D eigenvalue weighted by atomic mass is 10.1. The molecule has 1 unspecified atom stereocenters. The molecule has 0 aliphatic carbocycles. The normalized spacial score (nSPS) is 25.5. The third-order valence-electron chi connectivity index (χ3n) is 3.60. The first-order valence-electron chi connectivity index (χ1n) is 6.52. The topological polar surface area (TPSA) is 52.7 Å². The van der Waals surface area contributed by atoms with E-state index >= 15 is 0 Å². The quantitative estimate of drug-likeness (QED) is 0.743. The molecule has 2 aliphatic rings. The number of amides is 2. The molecule has 0 radical (unpaired) electrons. The predicted octanol–water partition coefficient (Wildman–Crippen LogP) is -0.181. The van der Waals surface area contributed by atoms with Crippen molar-refractivity contribution >= 4 is 11.8 Å². The molecular weight excluding hydrogens is 218 g/mol. The molecule has 2 fully saturated rings. The zero-order chi connectivity index (χ0) is 12.3. The van der Waals surface area contributed by atoms with Crippen LogP contribution in [0.2, 0.25) is 0 Å². The van der Waals surface area contributed by atoms with Crippen LogP contribution in [-0.4, -0.2) is 60.4 Å². The molecule has 5 nitrogen and oxygen atoms in total. The summed E-state index contributed by atoms with van der Waals surface area (Å²) < 4.78 is 0. The molecule has 17 heavy (non-hydrogen) atoms. The minimum absolute atomic E-state index is 0.0753. The van der Waals surface area contributed by atoms with E-state index in [9.17, 15) is 9.59 Å². The number of likely N-dealkylation sites (tertiary alicyclic amines) is 1. The summed E-state index contributed by atoms with van der Waals surface area (Å²) in [5.74, 6) is 0.192. The molecular formula is C12H21N3O2. The maximum Gasteiger partial charge on any atom is 0.240 e. The molecule has 1 atom stereocenters. The van der Waals surface area contributed by atoms with Gasteiger partial charge in [0.2, 0.25) is 11.8 Å². The average molecular weight is 239 g/mol. The molecule has 2 heterocycles. The Morgan fingerprint density at radius 2 is 2.06 bits per heavy atom. The SMILES string of the molecule is CCN1CCNC(CC(=O)N2CCCC2)C1=O. The molecule has 96 valence electrons. The van der Waals surface area contributed by atoms with E-state index in [1.54, 1.807) is 0 Å². The lowest BCUT2D eigenvalue weighted by Crippen LogP contribution is -2.56. The van der Waals surface area contributed by atoms with E-state index in [0.717, 1.165) is 45.6 Å². The molecule has 0 saturated carbocycles. The third kappa shape index (κ3) is 2.77. The number of piperazine rings is 1. The summed E-state index contributed by atoms with van der Waals surface area (Å²) in [4.78, 5) is 27.7. The second-order valence-corrected chi connectivity index (χ2v) is 4.72. The number of rotatable bonds is 3. The van der Waals surface area contributed by atoms with Crippen LogP contribution in [0.3, 0.4) is 0 Å². The largest absolute Gasteiger partial charge is 0.343 e. The number of likely N-dealkylation sites (N-methyl/N-ethyl adjacent to an activating group) is 1.